The van der Waals surface area contributed by atoms with E-state index >= 15 is 0 Å². The maximum Gasteiger partial charge on any atom is 0.237 e. The molecular formula is C14H29ClN2O. The number of nitrogens with two attached hydrogens (primary N) is 1. The summed E-state index contributed by atoms with van der Waals surface area (Å²) in [5, 5.41) is 3.14. The van der Waals surface area contributed by atoms with E-state index in [9.17, 15) is 4.79 Å². The van der Waals surface area contributed by atoms with Gasteiger partial charge in [-0.15, -0.1) is 12.4 Å². The van der Waals surface area contributed by atoms with Crippen molar-refractivity contribution in [3.63, 3.8) is 0 Å². The molecule has 1 aliphatic rings. The molecule has 0 heterocycles. The van der Waals surface area contributed by atoms with E-state index in [2.05, 4.69) is 12.2 Å². The maximum absolute atomic E-state index is 12.0. The van der Waals surface area contributed by atoms with Crippen molar-refractivity contribution in [3.8, 4) is 0 Å². The average Bonchev–Trinajstić information content (AvgIpc) is 2.30. The molecule has 4 heteroatoms. The van der Waals surface area contributed by atoms with Gasteiger partial charge in [-0.25, -0.2) is 0 Å². The molecule has 0 aliphatic heterocycles. The smallest absolute Gasteiger partial charge is 0.237 e. The summed E-state index contributed by atoms with van der Waals surface area (Å²) in [5.41, 5.74) is 5.95. The van der Waals surface area contributed by atoms with Gasteiger partial charge in [0.05, 0.1) is 6.04 Å². The quantitative estimate of drug-likeness (QED) is 0.829. The Hall–Kier alpha value is -0.280. The lowest BCUT2D eigenvalue weighted by atomic mass is 9.95. The first-order chi connectivity index (χ1) is 8.15. The molecule has 0 bridgehead atoms. The van der Waals surface area contributed by atoms with Crippen molar-refractivity contribution >= 4 is 18.3 Å². The van der Waals surface area contributed by atoms with E-state index in [0.717, 1.165) is 19.3 Å². The fourth-order valence-electron chi connectivity index (χ4n) is 2.41. The highest BCUT2D eigenvalue weighted by atomic mass is 35.5. The van der Waals surface area contributed by atoms with Crippen LogP contribution in [0, 0.1) is 5.92 Å². The molecule has 18 heavy (non-hydrogen) atoms. The molecule has 108 valence electrons. The summed E-state index contributed by atoms with van der Waals surface area (Å²) in [4.78, 5) is 12.0. The predicted octanol–water partition coefficient (Wildman–Crippen LogP) is 3.01. The van der Waals surface area contributed by atoms with Crippen molar-refractivity contribution in [2.24, 2.45) is 11.7 Å². The van der Waals surface area contributed by atoms with Crippen molar-refractivity contribution in [1.82, 2.24) is 5.32 Å². The van der Waals surface area contributed by atoms with Crippen LogP contribution in [0.1, 0.15) is 65.2 Å². The molecule has 0 aromatic carbocycles. The van der Waals surface area contributed by atoms with E-state index in [-0.39, 0.29) is 30.3 Å². The first kappa shape index (κ1) is 17.7. The Morgan fingerprint density at radius 3 is 2.22 bits per heavy atom. The molecule has 0 aromatic heterocycles. The standard InChI is InChI=1S/C14H28N2O.ClH/c1-3-11(2)13(15)14(17)16-12-9-7-5-4-6-8-10-12;/h11-13H,3-10,15H2,1-2H3,(H,16,17);1H. The molecule has 1 aliphatic carbocycles. The number of nitrogens with one attached hydrogen (secondary N) is 1. The zero-order valence-electron chi connectivity index (χ0n) is 11.8. The topological polar surface area (TPSA) is 55.1 Å². The van der Waals surface area contributed by atoms with Crippen LogP contribution >= 0.6 is 12.4 Å². The summed E-state index contributed by atoms with van der Waals surface area (Å²) in [6, 6.07) is 0.0170. The van der Waals surface area contributed by atoms with Crippen molar-refractivity contribution in [2.45, 2.75) is 77.3 Å². The zero-order valence-corrected chi connectivity index (χ0v) is 12.6. The minimum atomic E-state index is -0.342. The van der Waals surface area contributed by atoms with Crippen LogP contribution in [-0.4, -0.2) is 18.0 Å². The average molecular weight is 277 g/mol. The van der Waals surface area contributed by atoms with Gasteiger partial charge < -0.3 is 11.1 Å². The molecule has 2 unspecified atom stereocenters. The van der Waals surface area contributed by atoms with Crippen LogP contribution in [0.5, 0.6) is 0 Å². The Morgan fingerprint density at radius 2 is 1.72 bits per heavy atom. The summed E-state index contributed by atoms with van der Waals surface area (Å²) in [5.74, 6) is 0.313. The number of hydrogen-bond acceptors (Lipinski definition) is 2. The van der Waals surface area contributed by atoms with Gasteiger partial charge >= 0.3 is 0 Å². The highest BCUT2D eigenvalue weighted by Crippen LogP contribution is 2.17. The molecule has 2 atom stereocenters. The minimum absolute atomic E-state index is 0. The SMILES string of the molecule is CCC(C)C(N)C(=O)NC1CCCCCCC1.Cl. The fraction of sp³-hybridized carbons (Fsp3) is 0.929. The van der Waals surface area contributed by atoms with Crippen molar-refractivity contribution in [2.75, 3.05) is 0 Å². The monoisotopic (exact) mass is 276 g/mol. The van der Waals surface area contributed by atoms with E-state index in [1.165, 1.54) is 32.1 Å². The summed E-state index contributed by atoms with van der Waals surface area (Å²) >= 11 is 0. The van der Waals surface area contributed by atoms with Gasteiger partial charge in [0.25, 0.3) is 0 Å². The van der Waals surface area contributed by atoms with Crippen LogP contribution in [0.3, 0.4) is 0 Å². The Kier molecular flexibility index (Phi) is 9.47. The lowest BCUT2D eigenvalue weighted by molar-refractivity contribution is -0.124. The van der Waals surface area contributed by atoms with Crippen LogP contribution < -0.4 is 11.1 Å². The van der Waals surface area contributed by atoms with E-state index < -0.39 is 0 Å². The molecule has 0 spiro atoms. The first-order valence-corrected chi connectivity index (χ1v) is 7.21. The third kappa shape index (κ3) is 6.05. The van der Waals surface area contributed by atoms with Crippen molar-refractivity contribution in [1.29, 1.82) is 0 Å². The lowest BCUT2D eigenvalue weighted by Gasteiger charge is -2.24. The van der Waals surface area contributed by atoms with Crippen LogP contribution in [0.15, 0.2) is 0 Å². The number of carbonyl (C=O) groups is 1. The summed E-state index contributed by atoms with van der Waals surface area (Å²) in [7, 11) is 0. The second-order valence-electron chi connectivity index (χ2n) is 5.46. The minimum Gasteiger partial charge on any atom is -0.352 e. The first-order valence-electron chi connectivity index (χ1n) is 7.21. The number of carbonyl (C=O) groups excluding carboxylic acids is 1. The maximum atomic E-state index is 12.0. The second-order valence-corrected chi connectivity index (χ2v) is 5.46. The van der Waals surface area contributed by atoms with Gasteiger partial charge in [-0.2, -0.15) is 0 Å². The van der Waals surface area contributed by atoms with Crippen LogP contribution in [-0.2, 0) is 4.79 Å². The van der Waals surface area contributed by atoms with Gasteiger partial charge in [0.1, 0.15) is 0 Å². The largest absolute Gasteiger partial charge is 0.352 e. The molecule has 1 rings (SSSR count). The Bertz CT molecular complexity index is 228. The zero-order chi connectivity index (χ0) is 12.7. The molecule has 1 amide bonds. The molecule has 0 saturated heterocycles. The number of amides is 1. The molecule has 3 N–H and O–H groups in total. The highest BCUT2D eigenvalue weighted by molar-refractivity contribution is 5.85. The van der Waals surface area contributed by atoms with E-state index in [0.29, 0.717) is 6.04 Å². The summed E-state index contributed by atoms with van der Waals surface area (Å²) in [6.07, 6.45) is 9.66. The normalized spacial score (nSPS) is 21.1. The van der Waals surface area contributed by atoms with Gasteiger partial charge in [0.15, 0.2) is 0 Å². The van der Waals surface area contributed by atoms with Crippen LogP contribution in [0.4, 0.5) is 0 Å². The second kappa shape index (κ2) is 9.62. The van der Waals surface area contributed by atoms with Crippen LogP contribution in [0.2, 0.25) is 0 Å². The van der Waals surface area contributed by atoms with Crippen LogP contribution in [0.25, 0.3) is 0 Å². The third-order valence-electron chi connectivity index (χ3n) is 4.01. The van der Waals surface area contributed by atoms with Gasteiger partial charge in [-0.1, -0.05) is 52.4 Å². The van der Waals surface area contributed by atoms with E-state index in [1.54, 1.807) is 0 Å². The molecule has 1 saturated carbocycles. The molecule has 0 radical (unpaired) electrons. The predicted molar refractivity (Wildman–Crippen MR) is 78.9 cm³/mol. The highest BCUT2D eigenvalue weighted by Gasteiger charge is 2.22. The van der Waals surface area contributed by atoms with Gasteiger partial charge in [0.2, 0.25) is 5.91 Å². The number of rotatable bonds is 4. The molecule has 3 nitrogen and oxygen atoms in total. The van der Waals surface area contributed by atoms with E-state index in [4.69, 9.17) is 5.73 Å². The van der Waals surface area contributed by atoms with Gasteiger partial charge in [0, 0.05) is 6.04 Å². The number of hydrogen-bond donors (Lipinski definition) is 2. The lowest BCUT2D eigenvalue weighted by Crippen LogP contribution is -2.48. The fourth-order valence-corrected chi connectivity index (χ4v) is 2.41. The molecular weight excluding hydrogens is 248 g/mol. The third-order valence-corrected chi connectivity index (χ3v) is 4.01. The molecule has 1 fully saturated rings. The summed E-state index contributed by atoms with van der Waals surface area (Å²) < 4.78 is 0. The Balaban J connectivity index is 0.00000289. The van der Waals surface area contributed by atoms with Crippen molar-refractivity contribution < 1.29 is 4.79 Å². The number of halogens is 1. The Labute approximate surface area is 118 Å². The Morgan fingerprint density at radius 1 is 1.22 bits per heavy atom. The van der Waals surface area contributed by atoms with E-state index in [1.807, 2.05) is 6.92 Å². The van der Waals surface area contributed by atoms with Gasteiger partial charge in [-0.05, 0) is 18.8 Å². The van der Waals surface area contributed by atoms with Gasteiger partial charge in [-0.3, -0.25) is 4.79 Å². The van der Waals surface area contributed by atoms with Crippen molar-refractivity contribution in [3.05, 3.63) is 0 Å². The summed E-state index contributed by atoms with van der Waals surface area (Å²) in [6.45, 7) is 4.12. The molecule has 0 aromatic rings.